The van der Waals surface area contributed by atoms with Crippen LogP contribution in [0.2, 0.25) is 0 Å². The summed E-state index contributed by atoms with van der Waals surface area (Å²) in [4.78, 5) is 14.6. The Kier molecular flexibility index (Phi) is 4.03. The zero-order valence-electron chi connectivity index (χ0n) is 13.2. The molecular formula is C20H18ClNO2. The number of hydrogen-bond acceptors (Lipinski definition) is 2. The largest absolute Gasteiger partial charge is 0.469 e. The van der Waals surface area contributed by atoms with E-state index in [1.54, 1.807) is 0 Å². The van der Waals surface area contributed by atoms with E-state index in [0.29, 0.717) is 25.3 Å². The standard InChI is InChI=1S/C20H18ClNO2/c21-18-11-16(15-9-5-2-6-10-15)17-13-22(20(23)19(17)24-18)12-14-7-3-1-4-8-14/h1-10,16,18H,11-13H2/t16-,18-/m0/s1. The SMILES string of the molecule is O=C1C2=C(CN1Cc1ccccc1)[C@H](c1ccccc1)C[C@@H](Cl)O2. The van der Waals surface area contributed by atoms with Gasteiger partial charge in [-0.3, -0.25) is 4.79 Å². The fourth-order valence-corrected chi connectivity index (χ4v) is 3.75. The minimum atomic E-state index is -0.463. The molecule has 3 nitrogen and oxygen atoms in total. The summed E-state index contributed by atoms with van der Waals surface area (Å²) in [5.74, 6) is 0.536. The van der Waals surface area contributed by atoms with E-state index in [9.17, 15) is 4.79 Å². The highest BCUT2D eigenvalue weighted by Crippen LogP contribution is 2.42. The number of carbonyl (C=O) groups excluding carboxylic acids is 1. The van der Waals surface area contributed by atoms with Crippen LogP contribution in [-0.4, -0.2) is 22.9 Å². The summed E-state index contributed by atoms with van der Waals surface area (Å²) in [5, 5.41) is 0. The van der Waals surface area contributed by atoms with Crippen LogP contribution < -0.4 is 0 Å². The molecule has 122 valence electrons. The van der Waals surface area contributed by atoms with Crippen LogP contribution in [0.4, 0.5) is 0 Å². The van der Waals surface area contributed by atoms with Gasteiger partial charge < -0.3 is 9.64 Å². The molecule has 0 aliphatic carbocycles. The highest BCUT2D eigenvalue weighted by Gasteiger charge is 2.41. The summed E-state index contributed by atoms with van der Waals surface area (Å²) in [6.45, 7) is 1.19. The molecule has 2 aliphatic rings. The van der Waals surface area contributed by atoms with Crippen LogP contribution in [-0.2, 0) is 16.1 Å². The zero-order chi connectivity index (χ0) is 16.5. The summed E-state index contributed by atoms with van der Waals surface area (Å²) < 4.78 is 5.70. The Balaban J connectivity index is 1.62. The van der Waals surface area contributed by atoms with E-state index < -0.39 is 5.56 Å². The average molecular weight is 340 g/mol. The number of ether oxygens (including phenoxy) is 1. The molecule has 2 aliphatic heterocycles. The summed E-state index contributed by atoms with van der Waals surface area (Å²) >= 11 is 6.27. The second kappa shape index (κ2) is 6.33. The molecule has 1 amide bonds. The third-order valence-electron chi connectivity index (χ3n) is 4.64. The monoisotopic (exact) mass is 339 g/mol. The zero-order valence-corrected chi connectivity index (χ0v) is 13.9. The number of benzene rings is 2. The second-order valence-corrected chi connectivity index (χ2v) is 6.71. The van der Waals surface area contributed by atoms with Gasteiger partial charge in [-0.05, 0) is 11.1 Å². The van der Waals surface area contributed by atoms with E-state index in [0.717, 1.165) is 11.1 Å². The van der Waals surface area contributed by atoms with E-state index >= 15 is 0 Å². The van der Waals surface area contributed by atoms with E-state index in [4.69, 9.17) is 16.3 Å². The highest BCUT2D eigenvalue weighted by molar-refractivity contribution is 6.20. The first-order valence-electron chi connectivity index (χ1n) is 8.14. The molecule has 0 fully saturated rings. The molecular weight excluding hydrogens is 322 g/mol. The van der Waals surface area contributed by atoms with Crippen LogP contribution in [0.1, 0.15) is 23.5 Å². The number of rotatable bonds is 3. The van der Waals surface area contributed by atoms with Gasteiger partial charge in [0.15, 0.2) is 11.3 Å². The highest BCUT2D eigenvalue weighted by atomic mass is 35.5. The molecule has 2 heterocycles. The van der Waals surface area contributed by atoms with Crippen molar-refractivity contribution in [3.8, 4) is 0 Å². The molecule has 24 heavy (non-hydrogen) atoms. The van der Waals surface area contributed by atoms with Crippen LogP contribution in [0.25, 0.3) is 0 Å². The molecule has 0 radical (unpaired) electrons. The van der Waals surface area contributed by atoms with Gasteiger partial charge in [-0.25, -0.2) is 0 Å². The third-order valence-corrected chi connectivity index (χ3v) is 4.91. The van der Waals surface area contributed by atoms with Gasteiger partial charge >= 0.3 is 0 Å². The maximum absolute atomic E-state index is 12.8. The lowest BCUT2D eigenvalue weighted by Crippen LogP contribution is -2.27. The molecule has 0 bridgehead atoms. The molecule has 0 saturated heterocycles. The number of hydrogen-bond donors (Lipinski definition) is 0. The van der Waals surface area contributed by atoms with Crippen molar-refractivity contribution in [2.45, 2.75) is 24.4 Å². The summed E-state index contributed by atoms with van der Waals surface area (Å²) in [7, 11) is 0. The maximum Gasteiger partial charge on any atom is 0.289 e. The molecule has 4 rings (SSSR count). The third kappa shape index (κ3) is 2.80. The lowest BCUT2D eigenvalue weighted by Gasteiger charge is -2.27. The van der Waals surface area contributed by atoms with Crippen molar-refractivity contribution in [3.05, 3.63) is 83.1 Å². The Bertz CT molecular complexity index is 773. The molecule has 0 spiro atoms. The molecule has 2 aromatic rings. The Morgan fingerprint density at radius 1 is 1.04 bits per heavy atom. The van der Waals surface area contributed by atoms with Crippen LogP contribution >= 0.6 is 11.6 Å². The van der Waals surface area contributed by atoms with E-state index in [-0.39, 0.29) is 11.8 Å². The second-order valence-electron chi connectivity index (χ2n) is 6.23. The predicted octanol–water partition coefficient (Wildman–Crippen LogP) is 4.05. The van der Waals surface area contributed by atoms with Crippen molar-refractivity contribution in [2.24, 2.45) is 0 Å². The number of nitrogens with zero attached hydrogens (tertiary/aromatic N) is 1. The summed E-state index contributed by atoms with van der Waals surface area (Å²) in [6, 6.07) is 20.2. The van der Waals surface area contributed by atoms with Crippen LogP contribution in [0.5, 0.6) is 0 Å². The molecule has 0 aromatic heterocycles. The summed E-state index contributed by atoms with van der Waals surface area (Å²) in [5.41, 5.74) is 2.89. The smallest absolute Gasteiger partial charge is 0.289 e. The number of amides is 1. The molecule has 0 N–H and O–H groups in total. The molecule has 0 unspecified atom stereocenters. The minimum absolute atomic E-state index is 0.0554. The van der Waals surface area contributed by atoms with Crippen molar-refractivity contribution in [1.29, 1.82) is 0 Å². The molecule has 0 saturated carbocycles. The van der Waals surface area contributed by atoms with Crippen LogP contribution in [0, 0.1) is 0 Å². The minimum Gasteiger partial charge on any atom is -0.469 e. The average Bonchev–Trinajstić information content (AvgIpc) is 2.92. The first kappa shape index (κ1) is 15.3. The Labute approximate surface area is 146 Å². The van der Waals surface area contributed by atoms with Crippen molar-refractivity contribution >= 4 is 17.5 Å². The van der Waals surface area contributed by atoms with Gasteiger partial charge in [-0.1, -0.05) is 72.3 Å². The topological polar surface area (TPSA) is 29.5 Å². The normalized spacial score (nSPS) is 23.2. The van der Waals surface area contributed by atoms with Gasteiger partial charge in [0.1, 0.15) is 0 Å². The van der Waals surface area contributed by atoms with Gasteiger partial charge in [0, 0.05) is 31.0 Å². The van der Waals surface area contributed by atoms with Crippen molar-refractivity contribution in [2.75, 3.05) is 6.54 Å². The predicted molar refractivity (Wildman–Crippen MR) is 93.4 cm³/mol. The van der Waals surface area contributed by atoms with Crippen molar-refractivity contribution in [1.82, 2.24) is 4.90 Å². The van der Waals surface area contributed by atoms with Gasteiger partial charge in [0.05, 0.1) is 0 Å². The number of alkyl halides is 1. The number of halogens is 1. The van der Waals surface area contributed by atoms with E-state index in [1.165, 1.54) is 5.56 Å². The first-order valence-corrected chi connectivity index (χ1v) is 8.58. The van der Waals surface area contributed by atoms with Crippen LogP contribution in [0.15, 0.2) is 72.0 Å². The van der Waals surface area contributed by atoms with Gasteiger partial charge in [-0.15, -0.1) is 0 Å². The van der Waals surface area contributed by atoms with E-state index in [2.05, 4.69) is 12.1 Å². The molecule has 4 heteroatoms. The first-order chi connectivity index (χ1) is 11.7. The fraction of sp³-hybridized carbons (Fsp3) is 0.250. The van der Waals surface area contributed by atoms with Crippen molar-refractivity contribution < 1.29 is 9.53 Å². The number of carbonyl (C=O) groups is 1. The Morgan fingerprint density at radius 3 is 2.42 bits per heavy atom. The molecule has 2 aromatic carbocycles. The summed E-state index contributed by atoms with van der Waals surface area (Å²) in [6.07, 6.45) is 0.691. The van der Waals surface area contributed by atoms with E-state index in [1.807, 2.05) is 53.4 Å². The Hall–Kier alpha value is -2.26. The lowest BCUT2D eigenvalue weighted by atomic mass is 9.87. The van der Waals surface area contributed by atoms with Crippen molar-refractivity contribution in [3.63, 3.8) is 0 Å². The maximum atomic E-state index is 12.8. The quantitative estimate of drug-likeness (QED) is 0.789. The molecule has 2 atom stereocenters. The van der Waals surface area contributed by atoms with Gasteiger partial charge in [0.2, 0.25) is 0 Å². The lowest BCUT2D eigenvalue weighted by molar-refractivity contribution is -0.129. The Morgan fingerprint density at radius 2 is 1.71 bits per heavy atom. The van der Waals surface area contributed by atoms with Gasteiger partial charge in [0.25, 0.3) is 5.91 Å². The fourth-order valence-electron chi connectivity index (χ4n) is 3.48. The van der Waals surface area contributed by atoms with Gasteiger partial charge in [-0.2, -0.15) is 0 Å². The van der Waals surface area contributed by atoms with Crippen LogP contribution in [0.3, 0.4) is 0 Å².